The van der Waals surface area contributed by atoms with Gasteiger partial charge in [-0.1, -0.05) is 0 Å². The number of anilines is 1. The van der Waals surface area contributed by atoms with Gasteiger partial charge in [0.15, 0.2) is 0 Å². The van der Waals surface area contributed by atoms with Gasteiger partial charge in [-0.15, -0.1) is 11.3 Å². The highest BCUT2D eigenvalue weighted by atomic mass is 79.9. The van der Waals surface area contributed by atoms with E-state index in [0.29, 0.717) is 6.04 Å². The molecule has 0 aliphatic carbocycles. The van der Waals surface area contributed by atoms with Crippen LogP contribution in [0.1, 0.15) is 17.7 Å². The van der Waals surface area contributed by atoms with Gasteiger partial charge in [-0.2, -0.15) is 0 Å². The van der Waals surface area contributed by atoms with Crippen molar-refractivity contribution in [3.8, 4) is 0 Å². The van der Waals surface area contributed by atoms with E-state index >= 15 is 0 Å². The van der Waals surface area contributed by atoms with Crippen LogP contribution in [0.3, 0.4) is 0 Å². The van der Waals surface area contributed by atoms with Crippen molar-refractivity contribution in [3.63, 3.8) is 0 Å². The molecule has 1 aliphatic rings. The Kier molecular flexibility index (Phi) is 4.65. The van der Waals surface area contributed by atoms with Crippen LogP contribution in [-0.2, 0) is 6.54 Å². The van der Waals surface area contributed by atoms with Crippen molar-refractivity contribution in [2.75, 3.05) is 18.0 Å². The second kappa shape index (κ2) is 6.65. The van der Waals surface area contributed by atoms with Gasteiger partial charge >= 0.3 is 0 Å². The maximum Gasteiger partial charge on any atom is 0.225 e. The molecule has 6 heteroatoms. The smallest absolute Gasteiger partial charge is 0.225 e. The molecule has 2 aromatic heterocycles. The van der Waals surface area contributed by atoms with Crippen LogP contribution in [0.2, 0.25) is 0 Å². The van der Waals surface area contributed by atoms with E-state index in [1.165, 1.54) is 22.2 Å². The third-order valence-corrected chi connectivity index (χ3v) is 5.14. The van der Waals surface area contributed by atoms with Crippen molar-refractivity contribution in [1.29, 1.82) is 0 Å². The first-order valence-electron chi connectivity index (χ1n) is 6.79. The van der Waals surface area contributed by atoms with Gasteiger partial charge in [-0.25, -0.2) is 9.97 Å². The topological polar surface area (TPSA) is 41.0 Å². The lowest BCUT2D eigenvalue weighted by atomic mass is 10.1. The lowest BCUT2D eigenvalue weighted by molar-refractivity contribution is 0.419. The molecule has 4 nitrogen and oxygen atoms in total. The molecule has 1 saturated heterocycles. The first-order valence-corrected chi connectivity index (χ1v) is 8.47. The fraction of sp³-hybridized carbons (Fsp3) is 0.429. The van der Waals surface area contributed by atoms with Crippen molar-refractivity contribution in [1.82, 2.24) is 15.3 Å². The molecule has 2 aromatic rings. The summed E-state index contributed by atoms with van der Waals surface area (Å²) in [5.74, 6) is 0.845. The summed E-state index contributed by atoms with van der Waals surface area (Å²) in [6, 6.07) is 4.55. The molecule has 1 atom stereocenters. The van der Waals surface area contributed by atoms with Crippen LogP contribution < -0.4 is 10.2 Å². The zero-order chi connectivity index (χ0) is 13.8. The van der Waals surface area contributed by atoms with Crippen molar-refractivity contribution in [2.24, 2.45) is 0 Å². The van der Waals surface area contributed by atoms with Crippen molar-refractivity contribution in [3.05, 3.63) is 39.3 Å². The third-order valence-electron chi connectivity index (χ3n) is 3.44. The predicted octanol–water partition coefficient (Wildman–Crippen LogP) is 3.06. The van der Waals surface area contributed by atoms with Crippen LogP contribution in [0.15, 0.2) is 34.4 Å². The molecule has 0 aromatic carbocycles. The Hall–Kier alpha value is -0.980. The second-order valence-electron chi connectivity index (χ2n) is 4.95. The van der Waals surface area contributed by atoms with Gasteiger partial charge in [0, 0.05) is 52.8 Å². The molecule has 3 rings (SSSR count). The first kappa shape index (κ1) is 14.0. The van der Waals surface area contributed by atoms with Gasteiger partial charge in [-0.3, -0.25) is 0 Å². The Morgan fingerprint density at radius 2 is 2.25 bits per heavy atom. The maximum absolute atomic E-state index is 4.34. The van der Waals surface area contributed by atoms with E-state index in [1.807, 2.05) is 18.5 Å². The highest BCUT2D eigenvalue weighted by molar-refractivity contribution is 9.10. The van der Waals surface area contributed by atoms with E-state index in [4.69, 9.17) is 0 Å². The standard InChI is InChI=1S/C14H17BrN4S/c15-11-7-13(20-10-11)8-18-12-3-1-6-19(9-12)14-16-4-2-5-17-14/h2,4-5,7,10,12,18H,1,3,6,8-9H2. The van der Waals surface area contributed by atoms with Crippen LogP contribution >= 0.6 is 27.3 Å². The Morgan fingerprint density at radius 1 is 1.40 bits per heavy atom. The summed E-state index contributed by atoms with van der Waals surface area (Å²) >= 11 is 5.28. The molecule has 0 radical (unpaired) electrons. The van der Waals surface area contributed by atoms with Crippen molar-refractivity contribution in [2.45, 2.75) is 25.4 Å². The average molecular weight is 353 g/mol. The number of halogens is 1. The highest BCUT2D eigenvalue weighted by Crippen LogP contribution is 2.20. The van der Waals surface area contributed by atoms with E-state index < -0.39 is 0 Å². The van der Waals surface area contributed by atoms with Crippen molar-refractivity contribution < 1.29 is 0 Å². The minimum absolute atomic E-state index is 0.508. The summed E-state index contributed by atoms with van der Waals surface area (Å²) < 4.78 is 1.17. The van der Waals surface area contributed by atoms with E-state index in [1.54, 1.807) is 11.3 Å². The SMILES string of the molecule is Brc1csc(CNC2CCCN(c3ncccn3)C2)c1. The monoisotopic (exact) mass is 352 g/mol. The molecule has 1 N–H and O–H groups in total. The Balaban J connectivity index is 1.55. The third kappa shape index (κ3) is 3.56. The molecular formula is C14H17BrN4S. The van der Waals surface area contributed by atoms with Crippen LogP contribution in [-0.4, -0.2) is 29.1 Å². The summed E-state index contributed by atoms with van der Waals surface area (Å²) in [4.78, 5) is 12.3. The van der Waals surface area contributed by atoms with Gasteiger partial charge in [-0.05, 0) is 40.9 Å². The lowest BCUT2D eigenvalue weighted by Crippen LogP contribution is -2.46. The molecule has 1 unspecified atom stereocenters. The van der Waals surface area contributed by atoms with E-state index in [9.17, 15) is 0 Å². The molecule has 0 amide bonds. The second-order valence-corrected chi connectivity index (χ2v) is 6.86. The molecular weight excluding hydrogens is 336 g/mol. The van der Waals surface area contributed by atoms with Crippen LogP contribution in [0, 0.1) is 0 Å². The van der Waals surface area contributed by atoms with Crippen LogP contribution in [0.4, 0.5) is 5.95 Å². The Morgan fingerprint density at radius 3 is 3.00 bits per heavy atom. The fourth-order valence-electron chi connectivity index (χ4n) is 2.47. The predicted molar refractivity (Wildman–Crippen MR) is 86.1 cm³/mol. The summed E-state index contributed by atoms with van der Waals surface area (Å²) in [7, 11) is 0. The zero-order valence-electron chi connectivity index (χ0n) is 11.1. The van der Waals surface area contributed by atoms with Gasteiger partial charge < -0.3 is 10.2 Å². The van der Waals surface area contributed by atoms with Gasteiger partial charge in [0.2, 0.25) is 5.95 Å². The van der Waals surface area contributed by atoms with Gasteiger partial charge in [0.25, 0.3) is 0 Å². The molecule has 106 valence electrons. The average Bonchev–Trinajstić information content (AvgIpc) is 2.92. The maximum atomic E-state index is 4.34. The molecule has 0 spiro atoms. The van der Waals surface area contributed by atoms with E-state index in [0.717, 1.165) is 25.6 Å². The quantitative estimate of drug-likeness (QED) is 0.917. The Bertz CT molecular complexity index is 545. The number of rotatable bonds is 4. The largest absolute Gasteiger partial charge is 0.339 e. The number of nitrogens with zero attached hydrogens (tertiary/aromatic N) is 3. The number of thiophene rings is 1. The molecule has 0 saturated carbocycles. The van der Waals surface area contributed by atoms with E-state index in [2.05, 4.69) is 47.6 Å². The summed E-state index contributed by atoms with van der Waals surface area (Å²) in [6.45, 7) is 2.97. The first-order chi connectivity index (χ1) is 9.81. The minimum atomic E-state index is 0.508. The zero-order valence-corrected chi connectivity index (χ0v) is 13.5. The summed E-state index contributed by atoms with van der Waals surface area (Å²) in [5.41, 5.74) is 0. The number of hydrogen-bond acceptors (Lipinski definition) is 5. The molecule has 20 heavy (non-hydrogen) atoms. The number of hydrogen-bond donors (Lipinski definition) is 1. The minimum Gasteiger partial charge on any atom is -0.339 e. The number of nitrogens with one attached hydrogen (secondary N) is 1. The number of piperidine rings is 1. The summed E-state index contributed by atoms with van der Waals surface area (Å²) in [6.07, 6.45) is 6.02. The van der Waals surface area contributed by atoms with E-state index in [-0.39, 0.29) is 0 Å². The molecule has 0 bridgehead atoms. The molecule has 1 aliphatic heterocycles. The fourth-order valence-corrected chi connectivity index (χ4v) is 3.87. The normalized spacial score (nSPS) is 19.2. The van der Waals surface area contributed by atoms with Gasteiger partial charge in [0.1, 0.15) is 0 Å². The Labute approximate surface area is 131 Å². The van der Waals surface area contributed by atoms with Crippen molar-refractivity contribution >= 4 is 33.2 Å². The highest BCUT2D eigenvalue weighted by Gasteiger charge is 2.21. The summed E-state index contributed by atoms with van der Waals surface area (Å²) in [5, 5.41) is 5.77. The van der Waals surface area contributed by atoms with Gasteiger partial charge in [0.05, 0.1) is 0 Å². The van der Waals surface area contributed by atoms with Crippen LogP contribution in [0.25, 0.3) is 0 Å². The van der Waals surface area contributed by atoms with Crippen LogP contribution in [0.5, 0.6) is 0 Å². The molecule has 3 heterocycles. The number of aromatic nitrogens is 2. The lowest BCUT2D eigenvalue weighted by Gasteiger charge is -2.33. The molecule has 1 fully saturated rings.